The lowest BCUT2D eigenvalue weighted by atomic mass is 10.1. The van der Waals surface area contributed by atoms with E-state index < -0.39 is 17.7 Å². The Bertz CT molecular complexity index is 1480. The second-order valence-corrected chi connectivity index (χ2v) is 8.56. The fourth-order valence-electron chi connectivity index (χ4n) is 3.83. The minimum absolute atomic E-state index is 0.123. The number of carbonyl (C=O) groups excluding carboxylic acids is 2. The number of nitrogens with zero attached hydrogens (tertiary/aromatic N) is 5. The van der Waals surface area contributed by atoms with Crippen molar-refractivity contribution >= 4 is 17.7 Å². The van der Waals surface area contributed by atoms with E-state index in [0.717, 1.165) is 10.2 Å². The van der Waals surface area contributed by atoms with Gasteiger partial charge in [-0.2, -0.15) is 4.68 Å². The number of hydrogen-bond acceptors (Lipinski definition) is 7. The van der Waals surface area contributed by atoms with Crippen LogP contribution >= 0.6 is 0 Å². The predicted octanol–water partition coefficient (Wildman–Crippen LogP) is 3.99. The largest absolute Gasteiger partial charge is 0.494 e. The highest BCUT2D eigenvalue weighted by Gasteiger charge is 2.27. The van der Waals surface area contributed by atoms with Crippen molar-refractivity contribution in [1.82, 2.24) is 19.8 Å². The highest BCUT2D eigenvalue weighted by Crippen LogP contribution is 2.24. The number of carbonyl (C=O) groups is 2. The van der Waals surface area contributed by atoms with Crippen molar-refractivity contribution in [3.63, 3.8) is 0 Å². The summed E-state index contributed by atoms with van der Waals surface area (Å²) in [5.41, 5.74) is 1.88. The summed E-state index contributed by atoms with van der Waals surface area (Å²) in [5.74, 6) is -0.111. The molecule has 10 nitrogen and oxygen atoms in total. The van der Waals surface area contributed by atoms with Crippen LogP contribution in [0.25, 0.3) is 5.69 Å². The first-order chi connectivity index (χ1) is 17.8. The van der Waals surface area contributed by atoms with Crippen LogP contribution in [-0.4, -0.2) is 44.9 Å². The molecular weight excluding hydrogens is 474 g/mol. The van der Waals surface area contributed by atoms with Gasteiger partial charge in [-0.25, -0.2) is 14.4 Å². The standard InChI is InChI=1S/C27H27N5O5/c1-18(2)30(26(34)32-27(35)31(28-29-32)23-12-8-9-13-24(23)36-4)21-15-14-19(3)22(16-21)25(33)37-17-20-10-6-5-7-11-20/h5-16,18H,17H2,1-4H3. The molecular formula is C27H27N5O5. The Labute approximate surface area is 213 Å². The molecule has 0 fully saturated rings. The third-order valence-corrected chi connectivity index (χ3v) is 5.73. The number of methoxy groups -OCH3 is 1. The van der Waals surface area contributed by atoms with E-state index in [1.807, 2.05) is 30.3 Å². The van der Waals surface area contributed by atoms with Crippen molar-refractivity contribution in [2.45, 2.75) is 33.4 Å². The Morgan fingerprint density at radius 2 is 1.68 bits per heavy atom. The minimum Gasteiger partial charge on any atom is -0.494 e. The van der Waals surface area contributed by atoms with Crippen LogP contribution in [-0.2, 0) is 11.3 Å². The topological polar surface area (TPSA) is 109 Å². The summed E-state index contributed by atoms with van der Waals surface area (Å²) in [6.07, 6.45) is 0. The van der Waals surface area contributed by atoms with E-state index in [4.69, 9.17) is 9.47 Å². The van der Waals surface area contributed by atoms with Gasteiger partial charge in [-0.15, -0.1) is 4.68 Å². The molecule has 37 heavy (non-hydrogen) atoms. The number of benzene rings is 3. The van der Waals surface area contributed by atoms with Crippen LogP contribution in [0, 0.1) is 6.92 Å². The summed E-state index contributed by atoms with van der Waals surface area (Å²) in [6, 6.07) is 20.1. The van der Waals surface area contributed by atoms with Crippen molar-refractivity contribution in [2.24, 2.45) is 0 Å². The van der Waals surface area contributed by atoms with Gasteiger partial charge in [-0.05, 0) is 66.6 Å². The van der Waals surface area contributed by atoms with Crippen LogP contribution in [0.15, 0.2) is 77.6 Å². The second-order valence-electron chi connectivity index (χ2n) is 8.56. The highest BCUT2D eigenvalue weighted by molar-refractivity contribution is 5.97. The Balaban J connectivity index is 1.64. The Morgan fingerprint density at radius 3 is 2.38 bits per heavy atom. The Morgan fingerprint density at radius 1 is 0.973 bits per heavy atom. The number of tetrazole rings is 1. The number of para-hydroxylation sites is 2. The average Bonchev–Trinajstić information content (AvgIpc) is 3.29. The number of aryl methyl sites for hydroxylation is 1. The molecule has 0 atom stereocenters. The van der Waals surface area contributed by atoms with Gasteiger partial charge < -0.3 is 9.47 Å². The molecule has 4 aromatic rings. The molecule has 1 aromatic heterocycles. The highest BCUT2D eigenvalue weighted by atomic mass is 16.5. The van der Waals surface area contributed by atoms with Crippen LogP contribution in [0.5, 0.6) is 5.75 Å². The second kappa shape index (κ2) is 10.9. The number of hydrogen-bond donors (Lipinski definition) is 0. The van der Waals surface area contributed by atoms with Crippen molar-refractivity contribution in [3.05, 3.63) is 100.0 Å². The summed E-state index contributed by atoms with van der Waals surface area (Å²) < 4.78 is 12.5. The third-order valence-electron chi connectivity index (χ3n) is 5.73. The van der Waals surface area contributed by atoms with E-state index >= 15 is 0 Å². The molecule has 0 radical (unpaired) electrons. The Kier molecular flexibility index (Phi) is 7.47. The van der Waals surface area contributed by atoms with E-state index in [2.05, 4.69) is 10.4 Å². The molecule has 0 saturated heterocycles. The van der Waals surface area contributed by atoms with Crippen molar-refractivity contribution in [2.75, 3.05) is 12.0 Å². The Hall–Kier alpha value is -4.73. The van der Waals surface area contributed by atoms with Gasteiger partial charge in [0.1, 0.15) is 18.0 Å². The predicted molar refractivity (Wildman–Crippen MR) is 137 cm³/mol. The summed E-state index contributed by atoms with van der Waals surface area (Å²) in [6.45, 7) is 5.49. The van der Waals surface area contributed by atoms with Crippen LogP contribution in [0.3, 0.4) is 0 Å². The summed E-state index contributed by atoms with van der Waals surface area (Å²) in [4.78, 5) is 40.9. The molecule has 1 heterocycles. The number of esters is 1. The molecule has 3 aromatic carbocycles. The van der Waals surface area contributed by atoms with Crippen LogP contribution in [0.4, 0.5) is 10.5 Å². The summed E-state index contributed by atoms with van der Waals surface area (Å²) in [5, 5.41) is 7.69. The van der Waals surface area contributed by atoms with E-state index in [9.17, 15) is 14.4 Å². The van der Waals surface area contributed by atoms with Crippen molar-refractivity contribution in [1.29, 1.82) is 0 Å². The molecule has 0 N–H and O–H groups in total. The minimum atomic E-state index is -0.755. The van der Waals surface area contributed by atoms with Gasteiger partial charge in [0.25, 0.3) is 0 Å². The van der Waals surface area contributed by atoms with Gasteiger partial charge in [0.05, 0.1) is 12.7 Å². The molecule has 10 heteroatoms. The number of anilines is 1. The first kappa shape index (κ1) is 25.4. The van der Waals surface area contributed by atoms with E-state index in [1.165, 1.54) is 12.0 Å². The van der Waals surface area contributed by atoms with Crippen LogP contribution in [0.1, 0.15) is 35.3 Å². The molecule has 190 valence electrons. The van der Waals surface area contributed by atoms with Gasteiger partial charge in [-0.1, -0.05) is 48.5 Å². The molecule has 0 aliphatic rings. The van der Waals surface area contributed by atoms with E-state index in [1.54, 1.807) is 63.2 Å². The van der Waals surface area contributed by atoms with Crippen LogP contribution in [0.2, 0.25) is 0 Å². The van der Waals surface area contributed by atoms with Gasteiger partial charge in [-0.3, -0.25) is 4.90 Å². The molecule has 0 spiro atoms. The van der Waals surface area contributed by atoms with Gasteiger partial charge in [0.2, 0.25) is 0 Å². The SMILES string of the molecule is COc1ccccc1-n1nnn(C(=O)N(c2ccc(C)c(C(=O)OCc3ccccc3)c2)C(C)C)c1=O. The maximum atomic E-state index is 13.5. The number of rotatable bonds is 7. The molecule has 0 unspecified atom stereocenters. The number of ether oxygens (including phenoxy) is 2. The molecule has 0 saturated carbocycles. The normalized spacial score (nSPS) is 10.8. The fourth-order valence-corrected chi connectivity index (χ4v) is 3.83. The summed E-state index contributed by atoms with van der Waals surface area (Å²) >= 11 is 0. The maximum absolute atomic E-state index is 13.5. The first-order valence-electron chi connectivity index (χ1n) is 11.7. The van der Waals surface area contributed by atoms with E-state index in [0.29, 0.717) is 32.9 Å². The van der Waals surface area contributed by atoms with Gasteiger partial charge >= 0.3 is 17.7 Å². The molecule has 1 amide bonds. The van der Waals surface area contributed by atoms with Gasteiger partial charge in [0, 0.05) is 11.7 Å². The lowest BCUT2D eigenvalue weighted by Gasteiger charge is -2.26. The zero-order valence-electron chi connectivity index (χ0n) is 21.0. The fraction of sp³-hybridized carbons (Fsp3) is 0.222. The van der Waals surface area contributed by atoms with Crippen LogP contribution < -0.4 is 15.3 Å². The monoisotopic (exact) mass is 501 g/mol. The quantitative estimate of drug-likeness (QED) is 0.278. The molecule has 0 bridgehead atoms. The lowest BCUT2D eigenvalue weighted by molar-refractivity contribution is 0.0472. The first-order valence-corrected chi connectivity index (χ1v) is 11.7. The third kappa shape index (κ3) is 5.27. The lowest BCUT2D eigenvalue weighted by Crippen LogP contribution is -2.44. The zero-order chi connectivity index (χ0) is 26.5. The number of amides is 1. The molecule has 0 aliphatic heterocycles. The van der Waals surface area contributed by atoms with Crippen molar-refractivity contribution < 1.29 is 19.1 Å². The average molecular weight is 502 g/mol. The summed E-state index contributed by atoms with van der Waals surface area (Å²) in [7, 11) is 1.47. The van der Waals surface area contributed by atoms with E-state index in [-0.39, 0.29) is 12.6 Å². The molecule has 0 aliphatic carbocycles. The van der Waals surface area contributed by atoms with Crippen molar-refractivity contribution in [3.8, 4) is 11.4 Å². The van der Waals surface area contributed by atoms with Gasteiger partial charge in [0.15, 0.2) is 0 Å². The smallest absolute Gasteiger partial charge is 0.377 e. The zero-order valence-corrected chi connectivity index (χ0v) is 21.0. The number of aromatic nitrogens is 4. The maximum Gasteiger partial charge on any atom is 0.377 e. The molecule has 4 rings (SSSR count).